The molecule has 0 aliphatic carbocycles. The van der Waals surface area contributed by atoms with Crippen molar-refractivity contribution in [1.29, 1.82) is 0 Å². The van der Waals surface area contributed by atoms with Crippen molar-refractivity contribution in [3.63, 3.8) is 0 Å². The van der Waals surface area contributed by atoms with Gasteiger partial charge in [-0.3, -0.25) is 4.31 Å². The predicted molar refractivity (Wildman–Crippen MR) is 102 cm³/mol. The fourth-order valence-corrected chi connectivity index (χ4v) is 4.36. The Balaban J connectivity index is 2.09. The van der Waals surface area contributed by atoms with Crippen molar-refractivity contribution in [3.8, 4) is 0 Å². The lowest BCUT2D eigenvalue weighted by Gasteiger charge is -2.25. The smallest absolute Gasteiger partial charge is 0.262 e. The first-order valence-electron chi connectivity index (χ1n) is 8.27. The third-order valence-corrected chi connectivity index (χ3v) is 5.87. The zero-order chi connectivity index (χ0) is 18.7. The Morgan fingerprint density at radius 3 is 2.08 bits per heavy atom. The molecule has 0 saturated carbocycles. The van der Waals surface area contributed by atoms with Crippen LogP contribution in [0.3, 0.4) is 0 Å². The van der Waals surface area contributed by atoms with Crippen LogP contribution in [0, 0.1) is 19.7 Å². The van der Waals surface area contributed by atoms with Crippen molar-refractivity contribution in [3.05, 3.63) is 95.3 Å². The van der Waals surface area contributed by atoms with Crippen molar-refractivity contribution in [2.45, 2.75) is 25.3 Å². The zero-order valence-electron chi connectivity index (χ0n) is 14.7. The van der Waals surface area contributed by atoms with Gasteiger partial charge in [0.2, 0.25) is 0 Å². The molecule has 3 aromatic rings. The summed E-state index contributed by atoms with van der Waals surface area (Å²) in [5.41, 5.74) is 3.20. The average Bonchev–Trinajstić information content (AvgIpc) is 2.60. The summed E-state index contributed by atoms with van der Waals surface area (Å²) in [4.78, 5) is 0.217. The summed E-state index contributed by atoms with van der Waals surface area (Å²) < 4.78 is 41.2. The van der Waals surface area contributed by atoms with Gasteiger partial charge in [0.15, 0.2) is 0 Å². The summed E-state index contributed by atoms with van der Waals surface area (Å²) in [6.07, 6.45) is 0. The summed E-state index contributed by atoms with van der Waals surface area (Å²) in [7, 11) is -3.79. The van der Waals surface area contributed by atoms with Crippen molar-refractivity contribution < 1.29 is 12.8 Å². The molecule has 0 bridgehead atoms. The van der Waals surface area contributed by atoms with Gasteiger partial charge in [0.05, 0.1) is 17.1 Å². The summed E-state index contributed by atoms with van der Waals surface area (Å²) in [5, 5.41) is 0. The molecule has 0 fully saturated rings. The Morgan fingerprint density at radius 2 is 1.46 bits per heavy atom. The van der Waals surface area contributed by atoms with Crippen LogP contribution in [0.2, 0.25) is 0 Å². The lowest BCUT2D eigenvalue weighted by Crippen LogP contribution is -2.30. The Morgan fingerprint density at radius 1 is 0.846 bits per heavy atom. The van der Waals surface area contributed by atoms with Gasteiger partial charge in [0, 0.05) is 0 Å². The molecule has 0 N–H and O–H groups in total. The molecule has 0 unspecified atom stereocenters. The third kappa shape index (κ3) is 3.94. The predicted octanol–water partition coefficient (Wildman–Crippen LogP) is 4.84. The van der Waals surface area contributed by atoms with Crippen LogP contribution in [0.25, 0.3) is 0 Å². The summed E-state index contributed by atoms with van der Waals surface area (Å²) in [6.45, 7) is 3.98. The Hall–Kier alpha value is -2.66. The summed E-state index contributed by atoms with van der Waals surface area (Å²) >= 11 is 0. The van der Waals surface area contributed by atoms with Gasteiger partial charge in [-0.15, -0.1) is 0 Å². The van der Waals surface area contributed by atoms with E-state index in [4.69, 9.17) is 0 Å². The quantitative estimate of drug-likeness (QED) is 0.645. The van der Waals surface area contributed by atoms with Gasteiger partial charge >= 0.3 is 0 Å². The first-order chi connectivity index (χ1) is 12.4. The third-order valence-electron chi connectivity index (χ3n) is 4.10. The molecule has 0 aromatic heterocycles. The minimum Gasteiger partial charge on any atom is -0.262 e. The van der Waals surface area contributed by atoms with Crippen molar-refractivity contribution in [1.82, 2.24) is 0 Å². The van der Waals surface area contributed by atoms with Crippen LogP contribution in [0.1, 0.15) is 16.7 Å². The highest BCUT2D eigenvalue weighted by Gasteiger charge is 2.25. The Kier molecular flexibility index (Phi) is 5.09. The van der Waals surface area contributed by atoms with Gasteiger partial charge in [-0.25, -0.2) is 12.8 Å². The standard InChI is InChI=1S/C21H20FNO2S/c1-16-5-3-7-18(13-16)15-23(20-11-9-19(22)10-12-20)26(24,25)21-8-4-6-17(2)14-21/h3-14H,15H2,1-2H3. The number of nitrogens with zero attached hydrogens (tertiary/aromatic N) is 1. The van der Waals surface area contributed by atoms with Crippen LogP contribution >= 0.6 is 0 Å². The van der Waals surface area contributed by atoms with Crippen LogP contribution in [-0.4, -0.2) is 8.42 Å². The number of hydrogen-bond acceptors (Lipinski definition) is 2. The van der Waals surface area contributed by atoms with E-state index in [1.165, 1.54) is 28.6 Å². The number of hydrogen-bond donors (Lipinski definition) is 0. The molecule has 0 heterocycles. The molecular formula is C21H20FNO2S. The van der Waals surface area contributed by atoms with Crippen LogP contribution in [0.15, 0.2) is 77.7 Å². The highest BCUT2D eigenvalue weighted by Crippen LogP contribution is 2.27. The van der Waals surface area contributed by atoms with Crippen molar-refractivity contribution in [2.75, 3.05) is 4.31 Å². The number of rotatable bonds is 5. The van der Waals surface area contributed by atoms with E-state index in [2.05, 4.69) is 0 Å². The molecule has 0 aliphatic heterocycles. The van der Waals surface area contributed by atoms with Crippen LogP contribution in [0.4, 0.5) is 10.1 Å². The first kappa shape index (κ1) is 18.1. The normalized spacial score (nSPS) is 11.3. The van der Waals surface area contributed by atoms with Crippen LogP contribution in [-0.2, 0) is 16.6 Å². The highest BCUT2D eigenvalue weighted by atomic mass is 32.2. The molecular weight excluding hydrogens is 349 g/mol. The van der Waals surface area contributed by atoms with E-state index in [1.54, 1.807) is 18.2 Å². The van der Waals surface area contributed by atoms with E-state index in [1.807, 2.05) is 44.2 Å². The molecule has 5 heteroatoms. The van der Waals surface area contributed by atoms with E-state index < -0.39 is 15.8 Å². The maximum Gasteiger partial charge on any atom is 0.264 e. The number of benzene rings is 3. The number of halogens is 1. The highest BCUT2D eigenvalue weighted by molar-refractivity contribution is 7.92. The molecule has 0 saturated heterocycles. The molecule has 0 radical (unpaired) electrons. The van der Waals surface area contributed by atoms with Gasteiger partial charge in [0.1, 0.15) is 5.82 Å². The molecule has 3 aromatic carbocycles. The fraction of sp³-hybridized carbons (Fsp3) is 0.143. The number of anilines is 1. The minimum atomic E-state index is -3.79. The molecule has 3 nitrogen and oxygen atoms in total. The summed E-state index contributed by atoms with van der Waals surface area (Å²) in [6, 6.07) is 20.0. The zero-order valence-corrected chi connectivity index (χ0v) is 15.5. The van der Waals surface area contributed by atoms with Gasteiger partial charge in [-0.2, -0.15) is 0 Å². The fourth-order valence-electron chi connectivity index (χ4n) is 2.80. The molecule has 3 rings (SSSR count). The van der Waals surface area contributed by atoms with Gasteiger partial charge < -0.3 is 0 Å². The van der Waals surface area contributed by atoms with Gasteiger partial charge in [-0.05, 0) is 61.4 Å². The molecule has 0 aliphatic rings. The Labute approximate surface area is 153 Å². The second-order valence-electron chi connectivity index (χ2n) is 6.29. The topological polar surface area (TPSA) is 37.4 Å². The Bertz CT molecular complexity index is 1010. The van der Waals surface area contributed by atoms with Crippen LogP contribution < -0.4 is 4.31 Å². The average molecular weight is 369 g/mol. The van der Waals surface area contributed by atoms with E-state index in [0.29, 0.717) is 5.69 Å². The molecule has 0 atom stereocenters. The largest absolute Gasteiger partial charge is 0.264 e. The maximum absolute atomic E-state index is 13.3. The maximum atomic E-state index is 13.3. The number of aryl methyl sites for hydroxylation is 2. The molecule has 0 spiro atoms. The molecule has 26 heavy (non-hydrogen) atoms. The van der Waals surface area contributed by atoms with Crippen molar-refractivity contribution >= 4 is 15.7 Å². The lowest BCUT2D eigenvalue weighted by atomic mass is 10.1. The van der Waals surface area contributed by atoms with E-state index >= 15 is 0 Å². The van der Waals surface area contributed by atoms with E-state index in [-0.39, 0.29) is 11.4 Å². The summed E-state index contributed by atoms with van der Waals surface area (Å²) in [5.74, 6) is -0.405. The second-order valence-corrected chi connectivity index (χ2v) is 8.16. The number of sulfonamides is 1. The first-order valence-corrected chi connectivity index (χ1v) is 9.71. The van der Waals surface area contributed by atoms with Crippen LogP contribution in [0.5, 0.6) is 0 Å². The molecule has 0 amide bonds. The minimum absolute atomic E-state index is 0.170. The monoisotopic (exact) mass is 369 g/mol. The lowest BCUT2D eigenvalue weighted by molar-refractivity contribution is 0.590. The SMILES string of the molecule is Cc1cccc(CN(c2ccc(F)cc2)S(=O)(=O)c2cccc(C)c2)c1. The van der Waals surface area contributed by atoms with E-state index in [9.17, 15) is 12.8 Å². The van der Waals surface area contributed by atoms with E-state index in [0.717, 1.165) is 16.7 Å². The van der Waals surface area contributed by atoms with Gasteiger partial charge in [-0.1, -0.05) is 42.0 Å². The van der Waals surface area contributed by atoms with Gasteiger partial charge in [0.25, 0.3) is 10.0 Å². The molecule has 134 valence electrons. The van der Waals surface area contributed by atoms with Crippen molar-refractivity contribution in [2.24, 2.45) is 0 Å². The second kappa shape index (κ2) is 7.30.